The van der Waals surface area contributed by atoms with E-state index in [0.717, 1.165) is 12.5 Å². The Hall–Kier alpha value is -0.0831. The molecule has 1 atom stereocenters. The van der Waals surface area contributed by atoms with Crippen molar-refractivity contribution in [3.05, 3.63) is 12.7 Å². The first-order chi connectivity index (χ1) is 4.27. The molecule has 0 spiro atoms. The molecule has 1 N–H and O–H groups in total. The molecule has 0 heterocycles. The van der Waals surface area contributed by atoms with Crippen LogP contribution in [0.5, 0.6) is 0 Å². The second-order valence-electron chi connectivity index (χ2n) is 2.42. The zero-order valence-corrected chi connectivity index (χ0v) is 7.29. The van der Waals surface area contributed by atoms with E-state index < -0.39 is 9.04 Å². The van der Waals surface area contributed by atoms with Crippen molar-refractivity contribution in [2.75, 3.05) is 0 Å². The molecule has 0 aliphatic heterocycles. The molecule has 1 unspecified atom stereocenters. The molecule has 0 aliphatic rings. The van der Waals surface area contributed by atoms with Crippen molar-refractivity contribution in [2.24, 2.45) is 0 Å². The summed E-state index contributed by atoms with van der Waals surface area (Å²) < 4.78 is 0. The summed E-state index contributed by atoms with van der Waals surface area (Å²) in [6.07, 6.45) is 5.40. The number of allylic oxidation sites excluding steroid dienone is 1. The fraction of sp³-hybridized carbons (Fsp3) is 0.714. The Morgan fingerprint density at radius 1 is 1.56 bits per heavy atom. The molecule has 0 saturated carbocycles. The summed E-state index contributed by atoms with van der Waals surface area (Å²) in [6.45, 7) is 5.59. The smallest absolute Gasteiger partial charge is 0.169 e. The number of hydrogen-bond donors (Lipinski definition) is 1. The van der Waals surface area contributed by atoms with Gasteiger partial charge in [0.15, 0.2) is 9.04 Å². The molecule has 0 fully saturated rings. The minimum atomic E-state index is -1.25. The van der Waals surface area contributed by atoms with Crippen molar-refractivity contribution in [1.82, 2.24) is 0 Å². The van der Waals surface area contributed by atoms with E-state index >= 15 is 0 Å². The summed E-state index contributed by atoms with van der Waals surface area (Å²) in [5.74, 6) is 0. The third kappa shape index (κ3) is 7.92. The molecule has 0 rings (SSSR count). The predicted molar refractivity (Wildman–Crippen MR) is 44.1 cm³/mol. The van der Waals surface area contributed by atoms with E-state index in [-0.39, 0.29) is 0 Å². The van der Waals surface area contributed by atoms with Gasteiger partial charge in [-0.05, 0) is 19.0 Å². The zero-order chi connectivity index (χ0) is 7.11. The Morgan fingerprint density at radius 2 is 2.22 bits per heavy atom. The molecule has 0 amide bonds. The summed E-state index contributed by atoms with van der Waals surface area (Å²) in [5.41, 5.74) is 0. The maximum Gasteiger partial charge on any atom is 0.169 e. The van der Waals surface area contributed by atoms with Crippen LogP contribution in [0.25, 0.3) is 0 Å². The van der Waals surface area contributed by atoms with E-state index in [1.165, 1.54) is 12.8 Å². The van der Waals surface area contributed by atoms with Crippen LogP contribution in [-0.4, -0.2) is 13.8 Å². The average Bonchev–Trinajstić information content (AvgIpc) is 1.80. The number of hydrogen-bond acceptors (Lipinski definition) is 1. The lowest BCUT2D eigenvalue weighted by Crippen LogP contribution is -2.03. The molecular weight excluding hydrogens is 128 g/mol. The van der Waals surface area contributed by atoms with Crippen molar-refractivity contribution in [1.29, 1.82) is 0 Å². The highest BCUT2D eigenvalue weighted by Crippen LogP contribution is 2.02. The van der Waals surface area contributed by atoms with Gasteiger partial charge in [0.25, 0.3) is 0 Å². The fourth-order valence-corrected chi connectivity index (χ4v) is 1.61. The van der Waals surface area contributed by atoms with E-state index in [2.05, 4.69) is 6.58 Å². The van der Waals surface area contributed by atoms with E-state index in [4.69, 9.17) is 4.80 Å². The monoisotopic (exact) mass is 144 g/mol. The van der Waals surface area contributed by atoms with Crippen LogP contribution in [0, 0.1) is 0 Å². The Labute approximate surface area is 59.1 Å². The van der Waals surface area contributed by atoms with E-state index in [0.29, 0.717) is 0 Å². The van der Waals surface area contributed by atoms with Crippen LogP contribution in [0.4, 0.5) is 0 Å². The van der Waals surface area contributed by atoms with E-state index in [1.807, 2.05) is 12.6 Å². The van der Waals surface area contributed by atoms with Crippen molar-refractivity contribution < 1.29 is 4.80 Å². The lowest BCUT2D eigenvalue weighted by molar-refractivity contribution is 0.569. The molecule has 0 bridgehead atoms. The van der Waals surface area contributed by atoms with Crippen LogP contribution in [0.1, 0.15) is 19.3 Å². The van der Waals surface area contributed by atoms with E-state index in [9.17, 15) is 0 Å². The van der Waals surface area contributed by atoms with Crippen LogP contribution in [-0.2, 0) is 0 Å². The number of rotatable bonds is 5. The summed E-state index contributed by atoms with van der Waals surface area (Å²) in [4.78, 5) is 8.96. The van der Waals surface area contributed by atoms with Crippen molar-refractivity contribution >= 4 is 9.04 Å². The van der Waals surface area contributed by atoms with Gasteiger partial charge in [-0.15, -0.1) is 6.58 Å². The molecule has 0 aromatic carbocycles. The highest BCUT2D eigenvalue weighted by Gasteiger charge is 1.95. The van der Waals surface area contributed by atoms with Crippen LogP contribution in [0.3, 0.4) is 0 Å². The maximum atomic E-state index is 8.96. The van der Waals surface area contributed by atoms with Gasteiger partial charge in [-0.2, -0.15) is 0 Å². The van der Waals surface area contributed by atoms with Crippen LogP contribution in [0.2, 0.25) is 12.6 Å². The maximum absolute atomic E-state index is 8.96. The second-order valence-corrected chi connectivity index (χ2v) is 4.70. The molecule has 0 aliphatic carbocycles. The minimum absolute atomic E-state index is 1.06. The highest BCUT2D eigenvalue weighted by molar-refractivity contribution is 6.48. The summed E-state index contributed by atoms with van der Waals surface area (Å²) >= 11 is 0. The molecule has 0 aromatic heterocycles. The summed E-state index contributed by atoms with van der Waals surface area (Å²) in [7, 11) is -1.25. The first-order valence-corrected chi connectivity index (χ1v) is 6.05. The molecular formula is C7H16OSi. The van der Waals surface area contributed by atoms with Gasteiger partial charge in [0.05, 0.1) is 0 Å². The predicted octanol–water partition coefficient (Wildman–Crippen LogP) is 1.69. The molecule has 54 valence electrons. The van der Waals surface area contributed by atoms with Crippen LogP contribution >= 0.6 is 0 Å². The fourth-order valence-electron chi connectivity index (χ4n) is 0.728. The van der Waals surface area contributed by atoms with Crippen molar-refractivity contribution in [3.8, 4) is 0 Å². The standard InChI is InChI=1S/C7H16OSi/c1-3-4-5-6-7-9(2)8/h3,8-9H,1,4-7H2,2H3. The SMILES string of the molecule is C=CCCCC[SiH](C)O. The van der Waals surface area contributed by atoms with Gasteiger partial charge in [-0.1, -0.05) is 18.9 Å². The average molecular weight is 144 g/mol. The first kappa shape index (κ1) is 8.92. The van der Waals surface area contributed by atoms with Gasteiger partial charge >= 0.3 is 0 Å². The lowest BCUT2D eigenvalue weighted by atomic mass is 10.2. The summed E-state index contributed by atoms with van der Waals surface area (Å²) in [6, 6.07) is 1.06. The van der Waals surface area contributed by atoms with Crippen molar-refractivity contribution in [2.45, 2.75) is 31.9 Å². The Morgan fingerprint density at radius 3 is 2.67 bits per heavy atom. The highest BCUT2D eigenvalue weighted by atomic mass is 28.3. The van der Waals surface area contributed by atoms with Gasteiger partial charge in [-0.3, -0.25) is 0 Å². The van der Waals surface area contributed by atoms with Crippen LogP contribution < -0.4 is 0 Å². The van der Waals surface area contributed by atoms with Gasteiger partial charge in [-0.25, -0.2) is 0 Å². The Kier molecular flexibility index (Phi) is 5.99. The van der Waals surface area contributed by atoms with Crippen molar-refractivity contribution in [3.63, 3.8) is 0 Å². The molecule has 0 aromatic rings. The van der Waals surface area contributed by atoms with E-state index in [1.54, 1.807) is 0 Å². The third-order valence-electron chi connectivity index (χ3n) is 1.28. The topological polar surface area (TPSA) is 20.2 Å². The first-order valence-electron chi connectivity index (χ1n) is 3.56. The lowest BCUT2D eigenvalue weighted by Gasteiger charge is -1.98. The molecule has 0 radical (unpaired) electrons. The zero-order valence-electron chi connectivity index (χ0n) is 6.14. The largest absolute Gasteiger partial charge is 0.435 e. The third-order valence-corrected chi connectivity index (χ3v) is 2.52. The Bertz CT molecular complexity index is 71.3. The number of unbranched alkanes of at least 4 members (excludes halogenated alkanes) is 2. The van der Waals surface area contributed by atoms with Gasteiger partial charge < -0.3 is 4.80 Å². The quantitative estimate of drug-likeness (QED) is 0.354. The van der Waals surface area contributed by atoms with Crippen LogP contribution in [0.15, 0.2) is 12.7 Å². The molecule has 1 nitrogen and oxygen atoms in total. The van der Waals surface area contributed by atoms with Gasteiger partial charge in [0.1, 0.15) is 0 Å². The molecule has 0 saturated heterocycles. The van der Waals surface area contributed by atoms with Gasteiger partial charge in [0.2, 0.25) is 0 Å². The second kappa shape index (κ2) is 6.04. The van der Waals surface area contributed by atoms with Gasteiger partial charge in [0, 0.05) is 0 Å². The molecule has 9 heavy (non-hydrogen) atoms. The minimum Gasteiger partial charge on any atom is -0.435 e. The summed E-state index contributed by atoms with van der Waals surface area (Å²) in [5, 5.41) is 0. The molecule has 2 heteroatoms. The Balaban J connectivity index is 2.82. The normalized spacial score (nSPS) is 13.1.